The molecule has 8 unspecified atom stereocenters. The van der Waals surface area contributed by atoms with Crippen molar-refractivity contribution in [1.29, 1.82) is 0 Å². The average molecular weight is 738 g/mol. The minimum absolute atomic E-state index is 0.0324. The number of hydroxylamine groups is 6. The molecule has 0 aromatic carbocycles. The molecule has 8 atom stereocenters. The van der Waals surface area contributed by atoms with E-state index in [1.807, 2.05) is 0 Å². The number of hydrogen-bond acceptors (Lipinski definition) is 16. The number of nitrogens with one attached hydrogen (secondary N) is 6. The molecule has 1 fully saturated rings. The summed E-state index contributed by atoms with van der Waals surface area (Å²) in [5.74, 6) is -5.34. The van der Waals surface area contributed by atoms with E-state index in [4.69, 9.17) is 0 Å². The van der Waals surface area contributed by atoms with Gasteiger partial charge in [0.25, 0.3) is 0 Å². The molecule has 0 saturated carbocycles. The molecule has 0 aliphatic carbocycles. The molecule has 1 saturated heterocycles. The molecule has 13 N–H and O–H groups in total. The molecule has 0 spiro atoms. The summed E-state index contributed by atoms with van der Waals surface area (Å²) >= 11 is 0. The predicted octanol–water partition coefficient (Wildman–Crippen LogP) is -5.02. The summed E-state index contributed by atoms with van der Waals surface area (Å²) in [7, 11) is 0. The van der Waals surface area contributed by atoms with Crippen molar-refractivity contribution in [1.82, 2.24) is 47.1 Å². The molecule has 294 valence electrons. The molecule has 22 nitrogen and oxygen atoms in total. The molecule has 1 aliphatic rings. The Kier molecular flexibility index (Phi) is 20.6. The van der Waals surface area contributed by atoms with E-state index < -0.39 is 97.5 Å². The van der Waals surface area contributed by atoms with Gasteiger partial charge in [-0.25, -0.2) is 0 Å². The van der Waals surface area contributed by atoms with E-state index in [1.54, 1.807) is 0 Å². The smallest absolute Gasteiger partial charge is 0.245 e. The van der Waals surface area contributed by atoms with Crippen LogP contribution in [0.25, 0.3) is 0 Å². The minimum Gasteiger partial charge on any atom is -0.394 e. The SMILES string of the molecule is CC1NC(=O)C(CCCN(O)C(C)O)NC(=O)C(CCCN(O)C(C)O)NC(=O)C(CCCN(O)C(C)O)NC(=O)CNC(=O)C(CO)NC1=O. The third-order valence-corrected chi connectivity index (χ3v) is 7.84. The van der Waals surface area contributed by atoms with E-state index in [0.717, 1.165) is 0 Å². The summed E-state index contributed by atoms with van der Waals surface area (Å²) in [6, 6.07) is -6.96. The number of hydrogen-bond donors (Lipinski definition) is 13. The Bertz CT molecular complexity index is 1150. The minimum atomic E-state index is -1.53. The Balaban J connectivity index is 3.50. The van der Waals surface area contributed by atoms with Crippen molar-refractivity contribution in [3.8, 4) is 0 Å². The maximum Gasteiger partial charge on any atom is 0.245 e. The first kappa shape index (κ1) is 45.4. The van der Waals surface area contributed by atoms with Crippen LogP contribution in [0.3, 0.4) is 0 Å². The second-order valence-electron chi connectivity index (χ2n) is 12.2. The Hall–Kier alpha value is -3.58. The lowest BCUT2D eigenvalue weighted by molar-refractivity contribution is -0.189. The number of rotatable bonds is 16. The topological polar surface area (TPSA) is 326 Å². The molecule has 1 heterocycles. The first-order valence-corrected chi connectivity index (χ1v) is 16.7. The predicted molar refractivity (Wildman–Crippen MR) is 174 cm³/mol. The van der Waals surface area contributed by atoms with Crippen molar-refractivity contribution >= 4 is 35.4 Å². The van der Waals surface area contributed by atoms with Crippen molar-refractivity contribution in [3.63, 3.8) is 0 Å². The second kappa shape index (κ2) is 23.1. The Morgan fingerprint density at radius 3 is 1.29 bits per heavy atom. The van der Waals surface area contributed by atoms with Gasteiger partial charge in [-0.15, -0.1) is 0 Å². The molecule has 1 aliphatic heterocycles. The van der Waals surface area contributed by atoms with Crippen LogP contribution in [-0.4, -0.2) is 168 Å². The highest BCUT2D eigenvalue weighted by Gasteiger charge is 2.32. The van der Waals surface area contributed by atoms with Crippen LogP contribution in [0, 0.1) is 0 Å². The van der Waals surface area contributed by atoms with Crippen molar-refractivity contribution in [3.05, 3.63) is 0 Å². The third-order valence-electron chi connectivity index (χ3n) is 7.84. The maximum atomic E-state index is 13.7. The van der Waals surface area contributed by atoms with Crippen molar-refractivity contribution in [2.45, 2.75) is 115 Å². The van der Waals surface area contributed by atoms with Crippen LogP contribution in [0.4, 0.5) is 0 Å². The zero-order valence-electron chi connectivity index (χ0n) is 29.3. The van der Waals surface area contributed by atoms with Crippen LogP contribution in [0.5, 0.6) is 0 Å². The third kappa shape index (κ3) is 17.0. The highest BCUT2D eigenvalue weighted by atomic mass is 16.5. The largest absolute Gasteiger partial charge is 0.394 e. The van der Waals surface area contributed by atoms with Gasteiger partial charge < -0.3 is 67.9 Å². The Labute approximate surface area is 295 Å². The number of nitrogens with zero attached hydrogens (tertiary/aromatic N) is 3. The van der Waals surface area contributed by atoms with Crippen molar-refractivity contribution in [2.75, 3.05) is 32.8 Å². The molecule has 51 heavy (non-hydrogen) atoms. The van der Waals surface area contributed by atoms with E-state index in [9.17, 15) is 64.8 Å². The molecule has 0 bridgehead atoms. The molecule has 1 rings (SSSR count). The summed E-state index contributed by atoms with van der Waals surface area (Å²) in [5.41, 5.74) is 0. The highest BCUT2D eigenvalue weighted by Crippen LogP contribution is 2.09. The van der Waals surface area contributed by atoms with Gasteiger partial charge in [0.1, 0.15) is 48.9 Å². The number of carbonyl (C=O) groups is 6. The number of aliphatic hydroxyl groups excluding tert-OH is 4. The summed E-state index contributed by atoms with van der Waals surface area (Å²) in [6.07, 6.45) is -4.02. The first-order chi connectivity index (χ1) is 23.9. The maximum absolute atomic E-state index is 13.7. The van der Waals surface area contributed by atoms with Gasteiger partial charge in [0.05, 0.1) is 13.2 Å². The molecule has 0 radical (unpaired) electrons. The highest BCUT2D eigenvalue weighted by molar-refractivity contribution is 5.97. The van der Waals surface area contributed by atoms with Crippen LogP contribution >= 0.6 is 0 Å². The van der Waals surface area contributed by atoms with E-state index >= 15 is 0 Å². The lowest BCUT2D eigenvalue weighted by atomic mass is 10.0. The zero-order valence-corrected chi connectivity index (χ0v) is 29.3. The van der Waals surface area contributed by atoms with Crippen LogP contribution in [-0.2, 0) is 28.8 Å². The Morgan fingerprint density at radius 2 is 0.922 bits per heavy atom. The standard InChI is InChI=1S/C29H55N9O13/c1-16-25(44)35-23(15-39)26(45)30-14-24(43)32-20(8-5-11-36(49)17(2)40)28(47)34-22(10-7-13-38(51)19(4)42)29(48)33-21(27(46)31-16)9-6-12-37(50)18(3)41/h16-23,39-42,49-51H,5-15H2,1-4H3,(H,30,45)(H,31,46)(H,32,43)(H,33,48)(H,34,47)(H,35,44). The number of aliphatic hydroxyl groups is 4. The molecule has 0 aromatic rings. The quantitative estimate of drug-likeness (QED) is 0.0521. The first-order valence-electron chi connectivity index (χ1n) is 16.7. The van der Waals surface area contributed by atoms with Gasteiger partial charge in [0, 0.05) is 19.6 Å². The molecule has 6 amide bonds. The van der Waals surface area contributed by atoms with E-state index in [1.165, 1.54) is 27.7 Å². The lowest BCUT2D eigenvalue weighted by Gasteiger charge is -2.28. The summed E-state index contributed by atoms with van der Waals surface area (Å²) in [5, 5.41) is 84.2. The lowest BCUT2D eigenvalue weighted by Crippen LogP contribution is -2.60. The van der Waals surface area contributed by atoms with Gasteiger partial charge in [-0.05, 0) is 66.2 Å². The van der Waals surface area contributed by atoms with Crippen LogP contribution < -0.4 is 31.9 Å². The van der Waals surface area contributed by atoms with E-state index in [2.05, 4.69) is 31.9 Å². The van der Waals surface area contributed by atoms with E-state index in [-0.39, 0.29) is 58.2 Å². The van der Waals surface area contributed by atoms with Crippen LogP contribution in [0.15, 0.2) is 0 Å². The fourth-order valence-corrected chi connectivity index (χ4v) is 4.69. The number of amides is 6. The zero-order chi connectivity index (χ0) is 38.8. The van der Waals surface area contributed by atoms with Gasteiger partial charge in [0.15, 0.2) is 0 Å². The van der Waals surface area contributed by atoms with Gasteiger partial charge in [0.2, 0.25) is 35.4 Å². The van der Waals surface area contributed by atoms with Crippen LogP contribution in [0.1, 0.15) is 66.2 Å². The fraction of sp³-hybridized carbons (Fsp3) is 0.793. The fourth-order valence-electron chi connectivity index (χ4n) is 4.69. The average Bonchev–Trinajstić information content (AvgIpc) is 3.06. The molecular weight excluding hydrogens is 682 g/mol. The summed E-state index contributed by atoms with van der Waals surface area (Å²) in [4.78, 5) is 79.0. The monoisotopic (exact) mass is 737 g/mol. The summed E-state index contributed by atoms with van der Waals surface area (Å²) < 4.78 is 0. The van der Waals surface area contributed by atoms with Crippen molar-refractivity contribution in [2.24, 2.45) is 0 Å². The van der Waals surface area contributed by atoms with E-state index in [0.29, 0.717) is 15.2 Å². The Morgan fingerprint density at radius 1 is 0.569 bits per heavy atom. The molecular formula is C29H55N9O13. The van der Waals surface area contributed by atoms with Gasteiger partial charge >= 0.3 is 0 Å². The van der Waals surface area contributed by atoms with Gasteiger partial charge in [-0.2, -0.15) is 15.2 Å². The molecule has 22 heteroatoms. The number of carbonyl (C=O) groups excluding carboxylic acids is 6. The summed E-state index contributed by atoms with van der Waals surface area (Å²) in [6.45, 7) is 3.20. The van der Waals surface area contributed by atoms with Gasteiger partial charge in [-0.3, -0.25) is 28.8 Å². The van der Waals surface area contributed by atoms with Gasteiger partial charge in [-0.1, -0.05) is 0 Å². The normalized spacial score (nSPS) is 25.2. The van der Waals surface area contributed by atoms with Crippen molar-refractivity contribution < 1.29 is 64.8 Å². The van der Waals surface area contributed by atoms with Crippen LogP contribution in [0.2, 0.25) is 0 Å². The second-order valence-corrected chi connectivity index (χ2v) is 12.2. The molecule has 0 aromatic heterocycles.